The Morgan fingerprint density at radius 3 is 2.13 bits per heavy atom. The van der Waals surface area contributed by atoms with Crippen LogP contribution in [0.25, 0.3) is 0 Å². The highest BCUT2D eigenvalue weighted by Crippen LogP contribution is 2.16. The van der Waals surface area contributed by atoms with Crippen molar-refractivity contribution in [3.63, 3.8) is 0 Å². The molecule has 15 heavy (non-hydrogen) atoms. The van der Waals surface area contributed by atoms with Crippen LogP contribution in [0.5, 0.6) is 0 Å². The van der Waals surface area contributed by atoms with E-state index in [1.54, 1.807) is 0 Å². The second-order valence-corrected chi connectivity index (χ2v) is 5.57. The quantitative estimate of drug-likeness (QED) is 0.736. The zero-order chi connectivity index (χ0) is 11.4. The zero-order valence-corrected chi connectivity index (χ0v) is 10.1. The van der Waals surface area contributed by atoms with Gasteiger partial charge < -0.3 is 4.79 Å². The molecule has 0 saturated heterocycles. The molecule has 2 unspecified atom stereocenters. The number of carbonyl (C=O) groups is 1. The van der Waals surface area contributed by atoms with E-state index in [1.165, 1.54) is 0 Å². The highest BCUT2D eigenvalue weighted by atomic mass is 32.2. The van der Waals surface area contributed by atoms with E-state index in [0.29, 0.717) is 0 Å². The van der Waals surface area contributed by atoms with Crippen molar-refractivity contribution in [1.82, 2.24) is 0 Å². The van der Waals surface area contributed by atoms with Gasteiger partial charge in [0.2, 0.25) is 0 Å². The normalized spacial score (nSPS) is 14.9. The first-order valence-corrected chi connectivity index (χ1v) is 6.20. The van der Waals surface area contributed by atoms with Crippen molar-refractivity contribution in [2.45, 2.75) is 30.9 Å². The SMILES string of the molecule is Cc1ccc(S(=O)C(C=O)C(C)C)cc1. The Morgan fingerprint density at radius 2 is 1.73 bits per heavy atom. The molecule has 0 heterocycles. The molecular weight excluding hydrogens is 208 g/mol. The third-order valence-electron chi connectivity index (χ3n) is 2.29. The highest BCUT2D eigenvalue weighted by Gasteiger charge is 2.20. The van der Waals surface area contributed by atoms with Crippen molar-refractivity contribution in [3.05, 3.63) is 29.8 Å². The molecule has 0 radical (unpaired) electrons. The van der Waals surface area contributed by atoms with Gasteiger partial charge in [0.1, 0.15) is 6.29 Å². The molecule has 0 aliphatic rings. The minimum absolute atomic E-state index is 0.102. The van der Waals surface area contributed by atoms with Gasteiger partial charge in [-0.3, -0.25) is 4.21 Å². The summed E-state index contributed by atoms with van der Waals surface area (Å²) >= 11 is 0. The van der Waals surface area contributed by atoms with Crippen molar-refractivity contribution < 1.29 is 9.00 Å². The molecule has 0 aliphatic heterocycles. The number of aldehydes is 1. The lowest BCUT2D eigenvalue weighted by molar-refractivity contribution is -0.108. The molecule has 82 valence electrons. The third-order valence-corrected chi connectivity index (χ3v) is 4.18. The monoisotopic (exact) mass is 224 g/mol. The van der Waals surface area contributed by atoms with Gasteiger partial charge in [0.15, 0.2) is 0 Å². The summed E-state index contributed by atoms with van der Waals surface area (Å²) in [5.74, 6) is 0.102. The second kappa shape index (κ2) is 5.21. The van der Waals surface area contributed by atoms with Crippen LogP contribution < -0.4 is 0 Å². The van der Waals surface area contributed by atoms with Gasteiger partial charge in [0.25, 0.3) is 0 Å². The van der Waals surface area contributed by atoms with E-state index in [1.807, 2.05) is 45.0 Å². The first-order chi connectivity index (χ1) is 7.06. The van der Waals surface area contributed by atoms with E-state index in [4.69, 9.17) is 0 Å². The van der Waals surface area contributed by atoms with Crippen LogP contribution in [0, 0.1) is 12.8 Å². The smallest absolute Gasteiger partial charge is 0.136 e. The van der Waals surface area contributed by atoms with Crippen molar-refractivity contribution >= 4 is 17.1 Å². The fourth-order valence-electron chi connectivity index (χ4n) is 1.28. The van der Waals surface area contributed by atoms with E-state index >= 15 is 0 Å². The molecule has 0 amide bonds. The summed E-state index contributed by atoms with van der Waals surface area (Å²) in [6, 6.07) is 7.47. The van der Waals surface area contributed by atoms with Gasteiger partial charge in [0.05, 0.1) is 16.0 Å². The van der Waals surface area contributed by atoms with Gasteiger partial charge in [-0.1, -0.05) is 31.5 Å². The van der Waals surface area contributed by atoms with Crippen LogP contribution >= 0.6 is 0 Å². The summed E-state index contributed by atoms with van der Waals surface area (Å²) in [6.07, 6.45) is 0.792. The number of hydrogen-bond acceptors (Lipinski definition) is 2. The fraction of sp³-hybridized carbons (Fsp3) is 0.417. The largest absolute Gasteiger partial charge is 0.302 e. The number of rotatable bonds is 4. The first-order valence-electron chi connectivity index (χ1n) is 4.98. The molecule has 1 aromatic carbocycles. The molecule has 0 bridgehead atoms. The van der Waals surface area contributed by atoms with Crippen LogP contribution in [0.2, 0.25) is 0 Å². The van der Waals surface area contributed by atoms with Gasteiger partial charge in [-0.2, -0.15) is 0 Å². The Labute approximate surface area is 93.2 Å². The number of aryl methyl sites for hydroxylation is 1. The molecular formula is C12H16O2S. The first kappa shape index (κ1) is 12.1. The number of carbonyl (C=O) groups excluding carboxylic acids is 1. The summed E-state index contributed by atoms with van der Waals surface area (Å²) in [5.41, 5.74) is 1.13. The molecule has 0 N–H and O–H groups in total. The summed E-state index contributed by atoms with van der Waals surface area (Å²) in [7, 11) is -1.23. The average Bonchev–Trinajstić information content (AvgIpc) is 2.19. The minimum Gasteiger partial charge on any atom is -0.302 e. The van der Waals surface area contributed by atoms with Crippen LogP contribution in [-0.4, -0.2) is 15.7 Å². The molecule has 0 aromatic heterocycles. The third kappa shape index (κ3) is 2.99. The molecule has 0 saturated carbocycles. The van der Waals surface area contributed by atoms with Gasteiger partial charge in [-0.05, 0) is 25.0 Å². The predicted octanol–water partition coefficient (Wildman–Crippen LogP) is 2.33. The van der Waals surface area contributed by atoms with Gasteiger partial charge in [0, 0.05) is 4.90 Å². The van der Waals surface area contributed by atoms with E-state index < -0.39 is 16.0 Å². The maximum atomic E-state index is 12.0. The predicted molar refractivity (Wildman–Crippen MR) is 62.3 cm³/mol. The van der Waals surface area contributed by atoms with Crippen molar-refractivity contribution in [1.29, 1.82) is 0 Å². The maximum absolute atomic E-state index is 12.0. The Morgan fingerprint density at radius 1 is 1.20 bits per heavy atom. The van der Waals surface area contributed by atoms with E-state index in [-0.39, 0.29) is 5.92 Å². The number of benzene rings is 1. The van der Waals surface area contributed by atoms with Crippen LogP contribution in [0.3, 0.4) is 0 Å². The molecule has 0 aliphatic carbocycles. The Balaban J connectivity index is 2.93. The maximum Gasteiger partial charge on any atom is 0.136 e. The Bertz CT molecular complexity index is 354. The molecule has 1 rings (SSSR count). The van der Waals surface area contributed by atoms with Gasteiger partial charge >= 0.3 is 0 Å². The molecule has 1 aromatic rings. The Kier molecular flexibility index (Phi) is 4.21. The molecule has 3 heteroatoms. The van der Waals surface area contributed by atoms with Crippen molar-refractivity contribution in [3.8, 4) is 0 Å². The standard InChI is InChI=1S/C12H16O2S/c1-9(2)12(8-13)15(14)11-6-4-10(3)5-7-11/h4-9,12H,1-3H3. The van der Waals surface area contributed by atoms with Crippen LogP contribution in [0.1, 0.15) is 19.4 Å². The van der Waals surface area contributed by atoms with E-state index in [9.17, 15) is 9.00 Å². The van der Waals surface area contributed by atoms with Gasteiger partial charge in [-0.25, -0.2) is 0 Å². The van der Waals surface area contributed by atoms with Crippen LogP contribution in [0.4, 0.5) is 0 Å². The topological polar surface area (TPSA) is 34.1 Å². The lowest BCUT2D eigenvalue weighted by Crippen LogP contribution is -2.23. The summed E-state index contributed by atoms with van der Waals surface area (Å²) < 4.78 is 12.0. The molecule has 2 atom stereocenters. The zero-order valence-electron chi connectivity index (χ0n) is 9.27. The van der Waals surface area contributed by atoms with Crippen molar-refractivity contribution in [2.24, 2.45) is 5.92 Å². The van der Waals surface area contributed by atoms with Crippen LogP contribution in [-0.2, 0) is 15.6 Å². The highest BCUT2D eigenvalue weighted by molar-refractivity contribution is 7.86. The lowest BCUT2D eigenvalue weighted by atomic mass is 10.1. The van der Waals surface area contributed by atoms with Crippen molar-refractivity contribution in [2.75, 3.05) is 0 Å². The molecule has 0 spiro atoms. The van der Waals surface area contributed by atoms with E-state index in [0.717, 1.165) is 16.7 Å². The lowest BCUT2D eigenvalue weighted by Gasteiger charge is -2.13. The van der Waals surface area contributed by atoms with E-state index in [2.05, 4.69) is 0 Å². The van der Waals surface area contributed by atoms with Crippen LogP contribution in [0.15, 0.2) is 29.2 Å². The van der Waals surface area contributed by atoms with Gasteiger partial charge in [-0.15, -0.1) is 0 Å². The molecule has 0 fully saturated rings. The Hall–Kier alpha value is -0.960. The number of hydrogen-bond donors (Lipinski definition) is 0. The average molecular weight is 224 g/mol. The fourth-order valence-corrected chi connectivity index (χ4v) is 2.60. The molecule has 2 nitrogen and oxygen atoms in total. The summed E-state index contributed by atoms with van der Waals surface area (Å²) in [6.45, 7) is 5.79. The summed E-state index contributed by atoms with van der Waals surface area (Å²) in [4.78, 5) is 11.6. The minimum atomic E-state index is -1.23. The summed E-state index contributed by atoms with van der Waals surface area (Å²) in [5, 5.41) is -0.410. The second-order valence-electron chi connectivity index (χ2n) is 3.96.